The molecule has 0 bridgehead atoms. The number of halogens is 10. The van der Waals surface area contributed by atoms with Crippen molar-refractivity contribution in [1.29, 1.82) is 0 Å². The van der Waals surface area contributed by atoms with Crippen LogP contribution in [0.3, 0.4) is 0 Å². The highest BCUT2D eigenvalue weighted by Gasteiger charge is 2.67. The minimum atomic E-state index is -4.12. The number of carbonyl (C=O) groups excluding carboxylic acids is 1. The smallest absolute Gasteiger partial charge is 0.293 e. The second-order valence-corrected chi connectivity index (χ2v) is 18.9. The summed E-state index contributed by atoms with van der Waals surface area (Å²) in [6, 6.07) is 10.9. The summed E-state index contributed by atoms with van der Waals surface area (Å²) in [6.45, 7) is -2.29. The summed E-state index contributed by atoms with van der Waals surface area (Å²) >= 11 is 6.64. The van der Waals surface area contributed by atoms with E-state index in [1.54, 1.807) is 0 Å². The van der Waals surface area contributed by atoms with Crippen LogP contribution in [0.4, 0.5) is 45.3 Å². The molecule has 67 heavy (non-hydrogen) atoms. The van der Waals surface area contributed by atoms with Gasteiger partial charge in [-0.05, 0) is 79.3 Å². The predicted molar refractivity (Wildman–Crippen MR) is 223 cm³/mol. The lowest BCUT2D eigenvalue weighted by Gasteiger charge is -2.24. The van der Waals surface area contributed by atoms with Gasteiger partial charge in [0.15, 0.2) is 11.5 Å². The fourth-order valence-corrected chi connectivity index (χ4v) is 10.4. The monoisotopic (exact) mass is 975 g/mol. The third-order valence-corrected chi connectivity index (χ3v) is 14.1. The fraction of sp³-hybridized carbons (Fsp3) is 0.302. The molecule has 0 radical (unpaired) electrons. The third kappa shape index (κ3) is 7.83. The lowest BCUT2D eigenvalue weighted by atomic mass is 10.0. The molecule has 3 aromatic carbocycles. The normalized spacial score (nSPS) is 17.9. The molecule has 0 aliphatic heterocycles. The van der Waals surface area contributed by atoms with Gasteiger partial charge in [-0.2, -0.15) is 19.0 Å². The Morgan fingerprint density at radius 3 is 2.34 bits per heavy atom. The fourth-order valence-electron chi connectivity index (χ4n) is 8.87. The SMILES string of the molecule is O=C(Cn1nc(C(F)F)c2c1C(F)(F)C1CC21)N[C@@H](Cc1cc(F)cc(F)c1)c1nc2nc(-c3ccccc3F)ccc2c(=O)n1-c1ccc(Cl)c2c(NS(=O)(=O)C3CC3)nn(CC(F)F)c12. The minimum absolute atomic E-state index is 0.0298. The molecular formula is C43H31ClF9N9O4S. The molecule has 2 unspecified atom stereocenters. The van der Waals surface area contributed by atoms with E-state index in [1.807, 2.05) is 0 Å². The molecule has 2 fully saturated rings. The number of anilines is 1. The summed E-state index contributed by atoms with van der Waals surface area (Å²) in [5, 5.41) is 8.80. The summed E-state index contributed by atoms with van der Waals surface area (Å²) in [5.41, 5.74) is -4.52. The number of hydrogen-bond acceptors (Lipinski definition) is 8. The van der Waals surface area contributed by atoms with Crippen molar-refractivity contribution < 1.29 is 52.7 Å². The lowest BCUT2D eigenvalue weighted by molar-refractivity contribution is -0.123. The molecule has 3 aliphatic carbocycles. The molecule has 24 heteroatoms. The Hall–Kier alpha value is -6.49. The average molecular weight is 976 g/mol. The Bertz CT molecular complexity index is 3360. The van der Waals surface area contributed by atoms with Gasteiger partial charge >= 0.3 is 0 Å². The Kier molecular flexibility index (Phi) is 10.7. The number of sulfonamides is 1. The highest BCUT2D eigenvalue weighted by atomic mass is 35.5. The van der Waals surface area contributed by atoms with Gasteiger partial charge in [0.25, 0.3) is 24.3 Å². The lowest BCUT2D eigenvalue weighted by Crippen LogP contribution is -2.38. The van der Waals surface area contributed by atoms with Crippen LogP contribution in [-0.2, 0) is 40.3 Å². The second kappa shape index (κ2) is 16.1. The zero-order valence-corrected chi connectivity index (χ0v) is 35.6. The minimum Gasteiger partial charge on any atom is -0.344 e. The van der Waals surface area contributed by atoms with Crippen LogP contribution in [0.15, 0.2) is 71.5 Å². The molecule has 3 aliphatic rings. The van der Waals surface area contributed by atoms with Crippen molar-refractivity contribution in [3.8, 4) is 16.9 Å². The van der Waals surface area contributed by atoms with E-state index in [0.717, 1.165) is 22.8 Å². The first-order chi connectivity index (χ1) is 31.8. The summed E-state index contributed by atoms with van der Waals surface area (Å²) in [4.78, 5) is 38.4. The van der Waals surface area contributed by atoms with Gasteiger partial charge < -0.3 is 5.32 Å². The van der Waals surface area contributed by atoms with Crippen LogP contribution in [0.2, 0.25) is 5.02 Å². The van der Waals surface area contributed by atoms with Gasteiger partial charge in [-0.1, -0.05) is 23.7 Å². The van der Waals surface area contributed by atoms with Crippen molar-refractivity contribution in [2.24, 2.45) is 5.92 Å². The van der Waals surface area contributed by atoms with Crippen LogP contribution in [0.5, 0.6) is 0 Å². The summed E-state index contributed by atoms with van der Waals surface area (Å²) < 4.78 is 164. The average Bonchev–Trinajstić information content (AvgIpc) is 4.18. The molecule has 7 aromatic rings. The number of carbonyl (C=O) groups is 1. The number of alkyl halides is 6. The number of nitrogens with zero attached hydrogens (tertiary/aromatic N) is 7. The van der Waals surface area contributed by atoms with Crippen LogP contribution < -0.4 is 15.6 Å². The van der Waals surface area contributed by atoms with Crippen LogP contribution in [0.1, 0.15) is 66.0 Å². The van der Waals surface area contributed by atoms with Crippen LogP contribution in [0.25, 0.3) is 38.9 Å². The molecule has 4 aromatic heterocycles. The number of fused-ring (bicyclic) bond motifs is 5. The van der Waals surface area contributed by atoms with Crippen molar-refractivity contribution in [3.63, 3.8) is 0 Å². The second-order valence-electron chi connectivity index (χ2n) is 16.5. The van der Waals surface area contributed by atoms with E-state index in [1.165, 1.54) is 42.5 Å². The van der Waals surface area contributed by atoms with E-state index in [2.05, 4.69) is 30.2 Å². The highest BCUT2D eigenvalue weighted by Crippen LogP contribution is 2.68. The van der Waals surface area contributed by atoms with Crippen molar-refractivity contribution in [3.05, 3.63) is 128 Å². The quantitative estimate of drug-likeness (QED) is 0.103. The van der Waals surface area contributed by atoms with Crippen LogP contribution in [-0.4, -0.2) is 60.1 Å². The molecule has 13 nitrogen and oxygen atoms in total. The number of nitrogens with one attached hydrogen (secondary N) is 2. The van der Waals surface area contributed by atoms with Crippen molar-refractivity contribution in [2.75, 3.05) is 4.72 Å². The van der Waals surface area contributed by atoms with Crippen molar-refractivity contribution in [1.82, 2.24) is 39.4 Å². The molecular weight excluding hydrogens is 945 g/mol. The maximum atomic E-state index is 15.6. The molecule has 0 spiro atoms. The van der Waals surface area contributed by atoms with E-state index in [0.29, 0.717) is 28.3 Å². The van der Waals surface area contributed by atoms with Gasteiger partial charge in [0.2, 0.25) is 15.9 Å². The van der Waals surface area contributed by atoms with Crippen LogP contribution in [0, 0.1) is 23.4 Å². The van der Waals surface area contributed by atoms with E-state index in [4.69, 9.17) is 11.6 Å². The number of aromatic nitrogens is 7. The molecule has 3 atom stereocenters. The molecule has 2 N–H and O–H groups in total. The molecule has 4 heterocycles. The molecule has 10 rings (SSSR count). The number of amides is 1. The number of benzene rings is 3. The number of pyridine rings is 1. The van der Waals surface area contributed by atoms with Crippen molar-refractivity contribution in [2.45, 2.75) is 74.8 Å². The Morgan fingerprint density at radius 2 is 1.66 bits per heavy atom. The summed E-state index contributed by atoms with van der Waals surface area (Å²) in [6.07, 6.45) is -6.51. The van der Waals surface area contributed by atoms with E-state index < -0.39 is 129 Å². The largest absolute Gasteiger partial charge is 0.344 e. The summed E-state index contributed by atoms with van der Waals surface area (Å²) in [5.74, 6) is -10.9. The Morgan fingerprint density at radius 1 is 0.925 bits per heavy atom. The maximum Gasteiger partial charge on any atom is 0.293 e. The van der Waals surface area contributed by atoms with E-state index in [-0.39, 0.29) is 55.8 Å². The molecule has 2 saturated carbocycles. The first-order valence-electron chi connectivity index (χ1n) is 20.5. The maximum absolute atomic E-state index is 15.6. The zero-order chi connectivity index (χ0) is 47.4. The van der Waals surface area contributed by atoms with E-state index in [9.17, 15) is 39.6 Å². The van der Waals surface area contributed by atoms with Gasteiger partial charge in [-0.15, -0.1) is 0 Å². The van der Waals surface area contributed by atoms with E-state index >= 15 is 18.0 Å². The topological polar surface area (TPSA) is 159 Å². The Balaban J connectivity index is 1.20. The van der Waals surface area contributed by atoms with Gasteiger partial charge in [0, 0.05) is 29.5 Å². The number of rotatable bonds is 14. The van der Waals surface area contributed by atoms with Gasteiger partial charge in [-0.3, -0.25) is 28.2 Å². The standard InChI is InChI=1S/C43H31ClF9N9O4S/c44-26-8-10-30(36-34(26)40(58-60(36)16-31(48)49)59-67(65,66)21-5-6-21)62-41(56-39-23(42(62)64)7-9-28(55-39)22-3-1-2-4-27(22)47)29(13-18-11-19(45)14-20(46)12-18)54-32(63)17-61-37-33(35(57-61)38(50)51)24-15-25(24)43(37,52)53/h1-4,7-12,14,21,24-25,29,31,38H,5-6,13,15-17H2,(H,54,63)(H,58,59)/t24?,25?,29-/m0/s1. The molecule has 348 valence electrons. The Labute approximate surface area is 376 Å². The van der Waals surface area contributed by atoms with Crippen molar-refractivity contribution >= 4 is 55.3 Å². The first kappa shape index (κ1) is 44.4. The molecule has 0 saturated heterocycles. The van der Waals surface area contributed by atoms with Gasteiger partial charge in [0.1, 0.15) is 47.8 Å². The predicted octanol–water partition coefficient (Wildman–Crippen LogP) is 8.48. The first-order valence-corrected chi connectivity index (χ1v) is 22.4. The van der Waals surface area contributed by atoms with Gasteiger partial charge in [0.05, 0.1) is 44.0 Å². The molecule has 1 amide bonds. The third-order valence-electron chi connectivity index (χ3n) is 12.0. The zero-order valence-electron chi connectivity index (χ0n) is 34.0. The highest BCUT2D eigenvalue weighted by molar-refractivity contribution is 7.93. The van der Waals surface area contributed by atoms with Gasteiger partial charge in [-0.25, -0.2) is 49.1 Å². The number of hydrogen-bond donors (Lipinski definition) is 2. The summed E-state index contributed by atoms with van der Waals surface area (Å²) in [7, 11) is -4.12. The van der Waals surface area contributed by atoms with Crippen LogP contribution >= 0.6 is 11.6 Å².